The Morgan fingerprint density at radius 1 is 1.10 bits per heavy atom. The first-order valence-electron chi connectivity index (χ1n) is 7.42. The van der Waals surface area contributed by atoms with Crippen molar-refractivity contribution in [3.05, 3.63) is 65.0 Å². The Morgan fingerprint density at radius 3 is 2.38 bits per heavy atom. The smallest absolute Gasteiger partial charge is 0.0547 e. The molecule has 0 bridgehead atoms. The topological polar surface area (TPSA) is 42.1 Å². The van der Waals surface area contributed by atoms with Crippen LogP contribution in [0, 0.1) is 13.8 Å². The Bertz CT molecular complexity index is 577. The van der Waals surface area contributed by atoms with Crippen molar-refractivity contribution in [3.8, 4) is 0 Å². The van der Waals surface area contributed by atoms with Crippen molar-refractivity contribution < 1.29 is 0 Å². The van der Waals surface area contributed by atoms with Gasteiger partial charge in [-0.2, -0.15) is 0 Å². The minimum atomic E-state index is 0.000379. The largest absolute Gasteiger partial charge is 0.323 e. The number of likely N-dealkylation sites (N-methyl/N-ethyl adjacent to an activating group) is 1. The third-order valence-corrected chi connectivity index (χ3v) is 4.03. The lowest BCUT2D eigenvalue weighted by Gasteiger charge is -2.29. The van der Waals surface area contributed by atoms with Crippen LogP contribution in [0.4, 0.5) is 0 Å². The number of aryl methyl sites for hydroxylation is 2. The number of aromatic nitrogens is 1. The van der Waals surface area contributed by atoms with E-state index >= 15 is 0 Å². The molecular formula is C18H25N3. The molecule has 2 atom stereocenters. The van der Waals surface area contributed by atoms with Crippen molar-refractivity contribution >= 4 is 0 Å². The van der Waals surface area contributed by atoms with Crippen LogP contribution in [0.5, 0.6) is 0 Å². The summed E-state index contributed by atoms with van der Waals surface area (Å²) in [6.07, 6.45) is 0. The molecule has 21 heavy (non-hydrogen) atoms. The van der Waals surface area contributed by atoms with E-state index in [2.05, 4.69) is 67.2 Å². The quantitative estimate of drug-likeness (QED) is 0.916. The molecule has 3 heteroatoms. The first kappa shape index (κ1) is 15.7. The fourth-order valence-electron chi connectivity index (χ4n) is 2.43. The second-order valence-electron chi connectivity index (χ2n) is 5.86. The third-order valence-electron chi connectivity index (χ3n) is 4.03. The number of hydrogen-bond donors (Lipinski definition) is 1. The van der Waals surface area contributed by atoms with E-state index in [9.17, 15) is 0 Å². The van der Waals surface area contributed by atoms with Gasteiger partial charge in [0, 0.05) is 24.3 Å². The Kier molecular flexibility index (Phi) is 5.10. The van der Waals surface area contributed by atoms with Gasteiger partial charge in [-0.3, -0.25) is 9.88 Å². The van der Waals surface area contributed by atoms with E-state index in [0.29, 0.717) is 0 Å². The molecule has 0 saturated carbocycles. The zero-order chi connectivity index (χ0) is 15.4. The zero-order valence-electron chi connectivity index (χ0n) is 13.4. The van der Waals surface area contributed by atoms with Gasteiger partial charge in [-0.05, 0) is 45.5 Å². The maximum atomic E-state index is 6.41. The van der Waals surface area contributed by atoms with Crippen molar-refractivity contribution in [1.82, 2.24) is 9.88 Å². The molecule has 2 rings (SSSR count). The molecule has 1 heterocycles. The van der Waals surface area contributed by atoms with Crippen LogP contribution in [0.15, 0.2) is 42.5 Å². The summed E-state index contributed by atoms with van der Waals surface area (Å²) in [5.41, 5.74) is 11.0. The number of rotatable bonds is 5. The van der Waals surface area contributed by atoms with E-state index in [-0.39, 0.29) is 12.1 Å². The first-order valence-corrected chi connectivity index (χ1v) is 7.42. The summed E-state index contributed by atoms with van der Waals surface area (Å²) >= 11 is 0. The summed E-state index contributed by atoms with van der Waals surface area (Å²) in [4.78, 5) is 6.81. The highest BCUT2D eigenvalue weighted by molar-refractivity contribution is 5.25. The number of pyridine rings is 1. The summed E-state index contributed by atoms with van der Waals surface area (Å²) in [6, 6.07) is 14.9. The molecule has 0 radical (unpaired) electrons. The van der Waals surface area contributed by atoms with Crippen molar-refractivity contribution in [1.29, 1.82) is 0 Å². The van der Waals surface area contributed by atoms with Crippen molar-refractivity contribution in [2.24, 2.45) is 5.73 Å². The van der Waals surface area contributed by atoms with Crippen LogP contribution >= 0.6 is 0 Å². The molecule has 0 aliphatic rings. The molecule has 2 N–H and O–H groups in total. The van der Waals surface area contributed by atoms with Crippen molar-refractivity contribution in [3.63, 3.8) is 0 Å². The molecule has 0 saturated heterocycles. The molecule has 0 fully saturated rings. The SMILES string of the molecule is Cc1ccc(C(N)C(C)N(C)Cc2cccc(C)n2)cc1. The van der Waals surface area contributed by atoms with E-state index in [4.69, 9.17) is 5.73 Å². The van der Waals surface area contributed by atoms with Gasteiger partial charge < -0.3 is 5.73 Å². The van der Waals surface area contributed by atoms with Gasteiger partial charge in [-0.15, -0.1) is 0 Å². The molecule has 112 valence electrons. The summed E-state index contributed by atoms with van der Waals surface area (Å²) < 4.78 is 0. The van der Waals surface area contributed by atoms with Crippen LogP contribution in [0.25, 0.3) is 0 Å². The highest BCUT2D eigenvalue weighted by Gasteiger charge is 2.19. The monoisotopic (exact) mass is 283 g/mol. The summed E-state index contributed by atoms with van der Waals surface area (Å²) in [7, 11) is 2.10. The first-order chi connectivity index (χ1) is 9.97. The van der Waals surface area contributed by atoms with Crippen LogP contribution < -0.4 is 5.73 Å². The minimum Gasteiger partial charge on any atom is -0.323 e. The van der Waals surface area contributed by atoms with E-state index < -0.39 is 0 Å². The summed E-state index contributed by atoms with van der Waals surface area (Å²) in [5.74, 6) is 0. The highest BCUT2D eigenvalue weighted by atomic mass is 15.1. The maximum absolute atomic E-state index is 6.41. The van der Waals surface area contributed by atoms with E-state index in [1.165, 1.54) is 11.1 Å². The average Bonchev–Trinajstić information content (AvgIpc) is 2.46. The lowest BCUT2D eigenvalue weighted by atomic mass is 9.99. The van der Waals surface area contributed by atoms with Gasteiger partial charge in [-0.25, -0.2) is 0 Å². The Balaban J connectivity index is 2.04. The number of nitrogens with two attached hydrogens (primary N) is 1. The molecule has 2 aromatic rings. The lowest BCUT2D eigenvalue weighted by molar-refractivity contribution is 0.216. The lowest BCUT2D eigenvalue weighted by Crippen LogP contribution is -2.38. The Morgan fingerprint density at radius 2 is 1.76 bits per heavy atom. The van der Waals surface area contributed by atoms with Gasteiger partial charge >= 0.3 is 0 Å². The second-order valence-corrected chi connectivity index (χ2v) is 5.86. The molecule has 0 aliphatic heterocycles. The van der Waals surface area contributed by atoms with Crippen LogP contribution in [0.3, 0.4) is 0 Å². The molecule has 0 spiro atoms. The Hall–Kier alpha value is -1.71. The fourth-order valence-corrected chi connectivity index (χ4v) is 2.43. The minimum absolute atomic E-state index is 0.000379. The molecule has 1 aromatic carbocycles. The fraction of sp³-hybridized carbons (Fsp3) is 0.389. The van der Waals surface area contributed by atoms with Gasteiger partial charge in [0.15, 0.2) is 0 Å². The third kappa shape index (κ3) is 4.13. The molecule has 0 aliphatic carbocycles. The van der Waals surface area contributed by atoms with Crippen LogP contribution in [-0.2, 0) is 6.54 Å². The van der Waals surface area contributed by atoms with Crippen LogP contribution in [0.1, 0.15) is 35.5 Å². The van der Waals surface area contributed by atoms with E-state index in [1.54, 1.807) is 0 Å². The summed E-state index contributed by atoms with van der Waals surface area (Å²) in [6.45, 7) is 7.09. The number of hydrogen-bond acceptors (Lipinski definition) is 3. The van der Waals surface area contributed by atoms with Gasteiger partial charge in [0.1, 0.15) is 0 Å². The zero-order valence-corrected chi connectivity index (χ0v) is 13.4. The van der Waals surface area contributed by atoms with E-state index in [1.807, 2.05) is 13.0 Å². The van der Waals surface area contributed by atoms with Crippen molar-refractivity contribution in [2.45, 2.75) is 39.4 Å². The van der Waals surface area contributed by atoms with Gasteiger partial charge in [0.25, 0.3) is 0 Å². The standard InChI is InChI=1S/C18H25N3/c1-13-8-10-16(11-9-13)18(19)15(3)21(4)12-17-7-5-6-14(2)20-17/h5-11,15,18H,12,19H2,1-4H3. The number of nitrogens with zero attached hydrogens (tertiary/aromatic N) is 2. The van der Waals surface area contributed by atoms with Gasteiger partial charge in [0.05, 0.1) is 5.69 Å². The average molecular weight is 283 g/mol. The Labute approximate surface area is 127 Å². The van der Waals surface area contributed by atoms with Gasteiger partial charge in [0.2, 0.25) is 0 Å². The maximum Gasteiger partial charge on any atom is 0.0547 e. The molecule has 3 nitrogen and oxygen atoms in total. The van der Waals surface area contributed by atoms with Gasteiger partial charge in [-0.1, -0.05) is 35.9 Å². The number of benzene rings is 1. The molecule has 2 unspecified atom stereocenters. The van der Waals surface area contributed by atoms with Crippen molar-refractivity contribution in [2.75, 3.05) is 7.05 Å². The second kappa shape index (κ2) is 6.83. The normalized spacial score (nSPS) is 14.2. The molecule has 1 aromatic heterocycles. The van der Waals surface area contributed by atoms with Crippen LogP contribution in [-0.4, -0.2) is 23.0 Å². The molecular weight excluding hydrogens is 258 g/mol. The predicted octanol–water partition coefficient (Wildman–Crippen LogP) is 3.22. The predicted molar refractivity (Wildman–Crippen MR) is 88.0 cm³/mol. The molecule has 0 amide bonds. The van der Waals surface area contributed by atoms with E-state index in [0.717, 1.165) is 17.9 Å². The highest BCUT2D eigenvalue weighted by Crippen LogP contribution is 2.19. The van der Waals surface area contributed by atoms with Crippen LogP contribution in [0.2, 0.25) is 0 Å². The summed E-state index contributed by atoms with van der Waals surface area (Å²) in [5, 5.41) is 0.